The fraction of sp³-hybridized carbons (Fsp3) is 0.444. The summed E-state index contributed by atoms with van der Waals surface area (Å²) < 4.78 is 0. The molecule has 0 aliphatic heterocycles. The van der Waals surface area contributed by atoms with E-state index >= 15 is 0 Å². The first-order chi connectivity index (χ1) is 6.65. The Morgan fingerprint density at radius 3 is 2.71 bits per heavy atom. The minimum atomic E-state index is 0.401. The van der Waals surface area contributed by atoms with Crippen LogP contribution in [0.25, 0.3) is 0 Å². The van der Waals surface area contributed by atoms with Crippen LogP contribution < -0.4 is 16.4 Å². The summed E-state index contributed by atoms with van der Waals surface area (Å²) in [6, 6.07) is 3.67. The first-order valence-corrected chi connectivity index (χ1v) is 5.76. The lowest BCUT2D eigenvalue weighted by molar-refractivity contribution is 0.949. The first kappa shape index (κ1) is 11.0. The highest BCUT2D eigenvalue weighted by atomic mass is 32.2. The van der Waals surface area contributed by atoms with Gasteiger partial charge in [0, 0.05) is 19.3 Å². The third-order valence-corrected chi connectivity index (χ3v) is 2.56. The molecule has 0 amide bonds. The number of nitrogens with zero attached hydrogens (tertiary/aromatic N) is 2. The fourth-order valence-corrected chi connectivity index (χ4v) is 1.49. The Bertz CT molecular complexity index is 303. The van der Waals surface area contributed by atoms with Crippen LogP contribution in [0.4, 0.5) is 17.3 Å². The van der Waals surface area contributed by atoms with E-state index in [9.17, 15) is 0 Å². The molecule has 1 heterocycles. The zero-order valence-electron chi connectivity index (χ0n) is 8.53. The van der Waals surface area contributed by atoms with Crippen molar-refractivity contribution in [3.63, 3.8) is 0 Å². The number of rotatable bonds is 4. The molecule has 1 rings (SSSR count). The number of nitrogen functional groups attached to an aromatic ring is 2. The van der Waals surface area contributed by atoms with E-state index in [0.717, 1.165) is 18.1 Å². The molecule has 0 radical (unpaired) electrons. The monoisotopic (exact) mass is 212 g/mol. The largest absolute Gasteiger partial charge is 0.396 e. The maximum Gasteiger partial charge on any atom is 0.149 e. The molecule has 0 saturated carbocycles. The third-order valence-electron chi connectivity index (χ3n) is 1.96. The molecular formula is C9H16N4S. The van der Waals surface area contributed by atoms with Gasteiger partial charge in [-0.2, -0.15) is 11.8 Å². The third kappa shape index (κ3) is 2.70. The van der Waals surface area contributed by atoms with Crippen LogP contribution >= 0.6 is 11.8 Å². The SMILES string of the molecule is CSCCN(C)c1ccc(N)c(N)n1. The Hall–Kier alpha value is -1.10. The highest BCUT2D eigenvalue weighted by Gasteiger charge is 2.03. The van der Waals surface area contributed by atoms with Crippen molar-refractivity contribution in [2.75, 3.05) is 42.0 Å². The predicted molar refractivity (Wildman–Crippen MR) is 64.7 cm³/mol. The van der Waals surface area contributed by atoms with E-state index in [2.05, 4.69) is 16.1 Å². The van der Waals surface area contributed by atoms with Crippen LogP contribution in [0.15, 0.2) is 12.1 Å². The van der Waals surface area contributed by atoms with Crippen LogP contribution in [-0.2, 0) is 0 Å². The van der Waals surface area contributed by atoms with E-state index in [4.69, 9.17) is 11.5 Å². The first-order valence-electron chi connectivity index (χ1n) is 4.37. The van der Waals surface area contributed by atoms with Crippen LogP contribution in [-0.4, -0.2) is 30.6 Å². The second-order valence-corrected chi connectivity index (χ2v) is 4.04. The standard InChI is InChI=1S/C9H16N4S/c1-13(5-6-14-2)8-4-3-7(10)9(11)12-8/h3-4H,5-6,10H2,1-2H3,(H2,11,12). The van der Waals surface area contributed by atoms with Gasteiger partial charge in [0.15, 0.2) is 0 Å². The van der Waals surface area contributed by atoms with Gasteiger partial charge in [0.2, 0.25) is 0 Å². The number of anilines is 3. The molecule has 0 bridgehead atoms. The summed E-state index contributed by atoms with van der Waals surface area (Å²) in [5.74, 6) is 2.34. The van der Waals surface area contributed by atoms with Gasteiger partial charge in [0.1, 0.15) is 11.6 Å². The number of hydrogen-bond acceptors (Lipinski definition) is 5. The summed E-state index contributed by atoms with van der Waals surface area (Å²) >= 11 is 1.81. The molecule has 0 saturated heterocycles. The number of nitrogens with two attached hydrogens (primary N) is 2. The second kappa shape index (κ2) is 4.95. The summed E-state index contributed by atoms with van der Waals surface area (Å²) in [6.45, 7) is 0.956. The van der Waals surface area contributed by atoms with Gasteiger partial charge in [0.25, 0.3) is 0 Å². The van der Waals surface area contributed by atoms with Crippen molar-refractivity contribution in [3.05, 3.63) is 12.1 Å². The number of pyridine rings is 1. The molecule has 0 aliphatic carbocycles. The van der Waals surface area contributed by atoms with Gasteiger partial charge in [-0.25, -0.2) is 4.98 Å². The molecule has 0 unspecified atom stereocenters. The molecule has 0 spiro atoms. The van der Waals surface area contributed by atoms with Crippen molar-refractivity contribution in [2.45, 2.75) is 0 Å². The van der Waals surface area contributed by atoms with E-state index in [1.165, 1.54) is 0 Å². The van der Waals surface area contributed by atoms with E-state index in [-0.39, 0.29) is 0 Å². The van der Waals surface area contributed by atoms with Gasteiger partial charge >= 0.3 is 0 Å². The maximum absolute atomic E-state index is 5.62. The number of hydrogen-bond donors (Lipinski definition) is 2. The lowest BCUT2D eigenvalue weighted by atomic mass is 10.3. The Kier molecular flexibility index (Phi) is 3.88. The zero-order valence-corrected chi connectivity index (χ0v) is 9.34. The molecule has 0 atom stereocenters. The van der Waals surface area contributed by atoms with Crippen LogP contribution in [0.2, 0.25) is 0 Å². The van der Waals surface area contributed by atoms with Crippen molar-refractivity contribution in [3.8, 4) is 0 Å². The lowest BCUT2D eigenvalue weighted by Crippen LogP contribution is -2.21. The quantitative estimate of drug-likeness (QED) is 0.780. The van der Waals surface area contributed by atoms with Crippen molar-refractivity contribution in [1.29, 1.82) is 0 Å². The molecule has 4 N–H and O–H groups in total. The summed E-state index contributed by atoms with van der Waals surface area (Å²) in [6.07, 6.45) is 2.08. The Labute approximate surface area is 88.7 Å². The Balaban J connectivity index is 2.70. The normalized spacial score (nSPS) is 10.1. The lowest BCUT2D eigenvalue weighted by Gasteiger charge is -2.17. The van der Waals surface area contributed by atoms with Crippen LogP contribution in [0, 0.1) is 0 Å². The Morgan fingerprint density at radius 1 is 1.43 bits per heavy atom. The van der Waals surface area contributed by atoms with Crippen molar-refractivity contribution < 1.29 is 0 Å². The molecule has 1 aromatic heterocycles. The van der Waals surface area contributed by atoms with Gasteiger partial charge in [-0.1, -0.05) is 0 Å². The van der Waals surface area contributed by atoms with E-state index in [1.54, 1.807) is 17.8 Å². The van der Waals surface area contributed by atoms with E-state index in [1.807, 2.05) is 13.1 Å². The van der Waals surface area contributed by atoms with Crippen molar-refractivity contribution >= 4 is 29.1 Å². The summed E-state index contributed by atoms with van der Waals surface area (Å²) in [7, 11) is 1.99. The average molecular weight is 212 g/mol. The molecule has 14 heavy (non-hydrogen) atoms. The smallest absolute Gasteiger partial charge is 0.149 e. The van der Waals surface area contributed by atoms with E-state index < -0.39 is 0 Å². The number of thioether (sulfide) groups is 1. The fourth-order valence-electron chi connectivity index (χ4n) is 1.03. The zero-order chi connectivity index (χ0) is 10.6. The van der Waals surface area contributed by atoms with E-state index in [0.29, 0.717) is 11.5 Å². The van der Waals surface area contributed by atoms with Crippen LogP contribution in [0.1, 0.15) is 0 Å². The number of aromatic nitrogens is 1. The summed E-state index contributed by atoms with van der Waals surface area (Å²) in [5, 5.41) is 0. The minimum absolute atomic E-state index is 0.401. The maximum atomic E-state index is 5.62. The second-order valence-electron chi connectivity index (χ2n) is 3.06. The summed E-state index contributed by atoms with van der Waals surface area (Å²) in [5.41, 5.74) is 11.7. The predicted octanol–water partition coefficient (Wildman–Crippen LogP) is 1.05. The summed E-state index contributed by atoms with van der Waals surface area (Å²) in [4.78, 5) is 6.26. The molecule has 78 valence electrons. The highest BCUT2D eigenvalue weighted by molar-refractivity contribution is 7.98. The molecular weight excluding hydrogens is 196 g/mol. The molecule has 1 aromatic rings. The van der Waals surface area contributed by atoms with Gasteiger partial charge in [-0.15, -0.1) is 0 Å². The molecule has 4 nitrogen and oxygen atoms in total. The van der Waals surface area contributed by atoms with Crippen LogP contribution in [0.5, 0.6) is 0 Å². The Morgan fingerprint density at radius 2 is 2.14 bits per heavy atom. The van der Waals surface area contributed by atoms with Crippen LogP contribution in [0.3, 0.4) is 0 Å². The molecule has 0 fully saturated rings. The molecule has 0 aromatic carbocycles. The molecule has 0 aliphatic rings. The van der Waals surface area contributed by atoms with Crippen molar-refractivity contribution in [1.82, 2.24) is 4.98 Å². The highest BCUT2D eigenvalue weighted by Crippen LogP contribution is 2.17. The average Bonchev–Trinajstić information content (AvgIpc) is 2.18. The molecule has 5 heteroatoms. The van der Waals surface area contributed by atoms with Crippen molar-refractivity contribution in [2.24, 2.45) is 0 Å². The van der Waals surface area contributed by atoms with Gasteiger partial charge in [-0.3, -0.25) is 0 Å². The minimum Gasteiger partial charge on any atom is -0.396 e. The van der Waals surface area contributed by atoms with Gasteiger partial charge < -0.3 is 16.4 Å². The van der Waals surface area contributed by atoms with Gasteiger partial charge in [-0.05, 0) is 18.4 Å². The van der Waals surface area contributed by atoms with Gasteiger partial charge in [0.05, 0.1) is 5.69 Å². The topological polar surface area (TPSA) is 68.2 Å².